The lowest BCUT2D eigenvalue weighted by Gasteiger charge is -2.47. The molecule has 59 heavy (non-hydrogen) atoms. The number of Topliss-reactive ketones (excluding diaryl/α,β-unsaturated/α-hetero) is 2. The third-order valence-corrected chi connectivity index (χ3v) is 13.1. The number of methoxy groups -OCH3 is 1. The first kappa shape index (κ1) is 46.3. The molecule has 0 radical (unpaired) electrons. The van der Waals surface area contributed by atoms with Crippen LogP contribution in [-0.4, -0.2) is 135 Å². The van der Waals surface area contributed by atoms with Crippen molar-refractivity contribution in [2.75, 3.05) is 27.7 Å². The average Bonchev–Trinajstić information content (AvgIpc) is 3.84. The molecule has 0 aromatic carbocycles. The number of imidazole rings is 1. The van der Waals surface area contributed by atoms with Crippen LogP contribution in [-0.2, 0) is 43.6 Å². The first-order chi connectivity index (χ1) is 27.7. The maximum atomic E-state index is 14.7. The molecule has 1 amide bonds. The number of pyridine rings is 1. The van der Waals surface area contributed by atoms with E-state index in [0.717, 1.165) is 11.3 Å². The summed E-state index contributed by atoms with van der Waals surface area (Å²) in [5.74, 6) is -4.91. The van der Waals surface area contributed by atoms with E-state index in [2.05, 4.69) is 28.4 Å². The van der Waals surface area contributed by atoms with Crippen molar-refractivity contribution in [2.45, 2.75) is 154 Å². The highest BCUT2D eigenvalue weighted by Gasteiger charge is 2.54. The van der Waals surface area contributed by atoms with Gasteiger partial charge in [-0.3, -0.25) is 19.4 Å². The van der Waals surface area contributed by atoms with Crippen molar-refractivity contribution in [2.24, 2.45) is 23.7 Å². The minimum atomic E-state index is -1.27. The molecule has 0 bridgehead atoms. The summed E-state index contributed by atoms with van der Waals surface area (Å²) in [6, 6.07) is 2.79. The molecule has 15 heteroatoms. The number of carbonyl (C=O) groups excluding carboxylic acids is 4. The van der Waals surface area contributed by atoms with Crippen molar-refractivity contribution in [3.8, 4) is 11.3 Å². The summed E-state index contributed by atoms with van der Waals surface area (Å²) >= 11 is 0. The molecule has 0 spiro atoms. The predicted molar refractivity (Wildman–Crippen MR) is 219 cm³/mol. The molecule has 3 fully saturated rings. The number of rotatable bonds is 11. The Hall–Kier alpha value is -3.76. The molecular weight excluding hydrogens is 759 g/mol. The molecular formula is C44H67N5O10. The van der Waals surface area contributed by atoms with E-state index < -0.39 is 83.9 Å². The second-order valence-electron chi connectivity index (χ2n) is 18.1. The molecule has 0 aliphatic carbocycles. The molecule has 15 nitrogen and oxygen atoms in total. The van der Waals surface area contributed by atoms with Crippen LogP contribution >= 0.6 is 0 Å². The van der Waals surface area contributed by atoms with Crippen molar-refractivity contribution in [1.82, 2.24) is 24.3 Å². The van der Waals surface area contributed by atoms with Gasteiger partial charge in [-0.05, 0) is 93.0 Å². The molecule has 3 aliphatic rings. The fourth-order valence-corrected chi connectivity index (χ4v) is 9.30. The first-order valence-electron chi connectivity index (χ1n) is 21.1. The fraction of sp³-hybridized carbons (Fsp3) is 0.727. The van der Waals surface area contributed by atoms with Crippen molar-refractivity contribution >= 4 is 23.6 Å². The summed E-state index contributed by atoms with van der Waals surface area (Å²) in [7, 11) is 5.24. The number of hydrogen-bond donors (Lipinski definition) is 1. The lowest BCUT2D eigenvalue weighted by atomic mass is 9.75. The quantitative estimate of drug-likeness (QED) is 0.230. The zero-order valence-corrected chi connectivity index (χ0v) is 37.0. The van der Waals surface area contributed by atoms with Crippen LogP contribution in [0.25, 0.3) is 11.3 Å². The summed E-state index contributed by atoms with van der Waals surface area (Å²) in [6.07, 6.45) is 3.57. The van der Waals surface area contributed by atoms with Crippen LogP contribution in [0.3, 0.4) is 0 Å². The van der Waals surface area contributed by atoms with Gasteiger partial charge in [-0.2, -0.15) is 0 Å². The molecule has 0 saturated carbocycles. The molecule has 1 N–H and O–H groups in total. The normalized spacial score (nSPS) is 35.3. The van der Waals surface area contributed by atoms with Crippen LogP contribution in [0.4, 0.5) is 4.79 Å². The summed E-state index contributed by atoms with van der Waals surface area (Å²) < 4.78 is 33.1. The number of nitrogens with zero attached hydrogens (tertiary/aromatic N) is 5. The number of carbonyl (C=O) groups is 4. The molecule has 2 aromatic heterocycles. The number of ether oxygens (including phenoxy) is 5. The number of aromatic nitrogens is 3. The van der Waals surface area contributed by atoms with Crippen LogP contribution in [0.1, 0.15) is 94.4 Å². The van der Waals surface area contributed by atoms with Crippen molar-refractivity contribution in [3.05, 3.63) is 37.1 Å². The Morgan fingerprint density at radius 3 is 2.39 bits per heavy atom. The molecule has 2 aromatic rings. The Morgan fingerprint density at radius 2 is 1.76 bits per heavy atom. The van der Waals surface area contributed by atoms with E-state index in [-0.39, 0.29) is 42.9 Å². The van der Waals surface area contributed by atoms with Crippen molar-refractivity contribution < 1.29 is 48.0 Å². The van der Waals surface area contributed by atoms with Gasteiger partial charge in [0.25, 0.3) is 0 Å². The summed E-state index contributed by atoms with van der Waals surface area (Å²) in [5.41, 5.74) is 0.0777. The number of aliphatic hydroxyl groups is 1. The Morgan fingerprint density at radius 1 is 1.05 bits per heavy atom. The van der Waals surface area contributed by atoms with Gasteiger partial charge in [-0.25, -0.2) is 9.78 Å². The number of fused-ring (bicyclic) bond motifs is 1. The van der Waals surface area contributed by atoms with Gasteiger partial charge in [0.1, 0.15) is 23.9 Å². The first-order valence-corrected chi connectivity index (χ1v) is 21.1. The highest BCUT2D eigenvalue weighted by molar-refractivity contribution is 6.00. The van der Waals surface area contributed by atoms with Gasteiger partial charge in [-0.15, -0.1) is 0 Å². The van der Waals surface area contributed by atoms with Gasteiger partial charge in [0.2, 0.25) is 0 Å². The Balaban J connectivity index is 1.43. The average molecular weight is 826 g/mol. The van der Waals surface area contributed by atoms with E-state index in [1.54, 1.807) is 44.4 Å². The van der Waals surface area contributed by atoms with E-state index >= 15 is 0 Å². The molecule has 13 atom stereocenters. The molecule has 3 saturated heterocycles. The lowest BCUT2D eigenvalue weighted by molar-refractivity contribution is -0.295. The number of ketones is 2. The maximum absolute atomic E-state index is 14.7. The zero-order chi connectivity index (χ0) is 43.6. The molecule has 0 unspecified atom stereocenters. The summed E-state index contributed by atoms with van der Waals surface area (Å²) in [6.45, 7) is 16.7. The van der Waals surface area contributed by atoms with Gasteiger partial charge in [0.05, 0.1) is 35.9 Å². The third-order valence-electron chi connectivity index (χ3n) is 13.1. The number of hydrogen-bond acceptors (Lipinski definition) is 13. The smallest absolute Gasteiger partial charge is 0.410 e. The zero-order valence-electron chi connectivity index (χ0n) is 37.0. The minimum Gasteiger partial charge on any atom is -0.458 e. The van der Waals surface area contributed by atoms with Crippen LogP contribution < -0.4 is 0 Å². The Bertz CT molecular complexity index is 1770. The summed E-state index contributed by atoms with van der Waals surface area (Å²) in [5, 5.41) is 11.4. The van der Waals surface area contributed by atoms with Crippen LogP contribution in [0.5, 0.6) is 0 Å². The van der Waals surface area contributed by atoms with E-state index in [1.807, 2.05) is 58.1 Å². The van der Waals surface area contributed by atoms with Crippen molar-refractivity contribution in [1.29, 1.82) is 0 Å². The Kier molecular flexibility index (Phi) is 14.8. The van der Waals surface area contributed by atoms with Gasteiger partial charge >= 0.3 is 12.1 Å². The second kappa shape index (κ2) is 18.9. The monoisotopic (exact) mass is 825 g/mol. The lowest BCUT2D eigenvalue weighted by Crippen LogP contribution is -2.59. The van der Waals surface area contributed by atoms with Gasteiger partial charge in [0.15, 0.2) is 18.2 Å². The van der Waals surface area contributed by atoms with Gasteiger partial charge in [0, 0.05) is 67.1 Å². The third kappa shape index (κ3) is 9.91. The highest BCUT2D eigenvalue weighted by atomic mass is 16.7. The van der Waals surface area contributed by atoms with E-state index in [4.69, 9.17) is 23.7 Å². The number of cyclic esters (lactones) is 1. The SMILES string of the molecule is CC[C@H]1OC(=O)[C@H](C)C(=O)[C@H](C)[C@@H](O[C@@H]2O[C@H](C)C[C@H](N(C)C)[C@H]2O)[C@](C)(OC)C[C@@H](C)C(=O)[C@H](C)[C@@H]2[C@@H]1OC(=O)N2CCCC(C)(C)n1cnc(-c2cccnc2)c1. The van der Waals surface area contributed by atoms with Crippen molar-refractivity contribution in [3.63, 3.8) is 0 Å². The summed E-state index contributed by atoms with van der Waals surface area (Å²) in [4.78, 5) is 69.0. The van der Waals surface area contributed by atoms with Gasteiger partial charge < -0.3 is 43.2 Å². The molecule has 3 aliphatic heterocycles. The largest absolute Gasteiger partial charge is 0.458 e. The Labute approximate surface area is 349 Å². The fourth-order valence-electron chi connectivity index (χ4n) is 9.30. The van der Waals surface area contributed by atoms with Crippen LogP contribution in [0.2, 0.25) is 0 Å². The minimum absolute atomic E-state index is 0.132. The van der Waals surface area contributed by atoms with E-state index in [0.29, 0.717) is 19.3 Å². The molecule has 5 rings (SSSR count). The molecule has 328 valence electrons. The topological polar surface area (TPSA) is 172 Å². The predicted octanol–water partition coefficient (Wildman–Crippen LogP) is 5.27. The van der Waals surface area contributed by atoms with E-state index in [9.17, 15) is 24.3 Å². The standard InChI is InChI=1S/C44H67N5O10/c1-13-33-38-34(49(42(54)58-38)19-15-17-43(7,8)48-23-31(46-24-48)30-16-14-18-45-22-30)27(4)35(50)25(2)21-44(9,55-12)39(28(5)36(51)29(6)40(53)57-33)59-41-37(52)32(47(10)11)20-26(3)56-41/h14,16,18,22-29,32-34,37-39,41,52H,13,15,17,19-21H2,1-12H3/t25-,26-,27-,28+,29-,32+,33-,34-,37-,38-,39-,41+,44-/m1/s1. The number of aliphatic hydroxyl groups excluding tert-OH is 1. The number of amides is 1. The second-order valence-corrected chi connectivity index (χ2v) is 18.1. The number of likely N-dealkylation sites (N-methyl/N-ethyl adjacent to an activating group) is 1. The highest BCUT2D eigenvalue weighted by Crippen LogP contribution is 2.39. The maximum Gasteiger partial charge on any atom is 0.410 e. The van der Waals surface area contributed by atoms with Gasteiger partial charge in [-0.1, -0.05) is 27.7 Å². The number of esters is 1. The molecule has 5 heterocycles. The van der Waals surface area contributed by atoms with Crippen LogP contribution in [0, 0.1) is 23.7 Å². The van der Waals surface area contributed by atoms with Crippen LogP contribution in [0.15, 0.2) is 37.1 Å². The van der Waals surface area contributed by atoms with E-state index in [1.165, 1.54) is 14.0 Å².